The fraction of sp³-hybridized carbons (Fsp3) is 1.00. The van der Waals surface area contributed by atoms with Gasteiger partial charge in [0.1, 0.15) is 0 Å². The Morgan fingerprint density at radius 1 is 0.300 bits per heavy atom. The van der Waals surface area contributed by atoms with Crippen LogP contribution in [-0.2, 0) is 0 Å². The number of rotatable bonds is 8. The van der Waals surface area contributed by atoms with E-state index in [0.717, 1.165) is 0 Å². The number of halogens is 20. The number of alkyl halides is 20. The Morgan fingerprint density at radius 2 is 0.500 bits per heavy atom. The Morgan fingerprint density at radius 3 is 0.700 bits per heavy atom. The molecule has 0 radical (unpaired) electrons. The molecule has 182 valence electrons. The average molecular weight is 502 g/mol. The fourth-order valence-electron chi connectivity index (χ4n) is 1.48. The standard InChI is InChI=1S/C10H2F20/c11-1-2(12,13)3(14,15)4(16,17)5(18,19)6(20,21)7(22,23)8(24,25)9(26,27)10(28,29)30/h1H2. The lowest BCUT2D eigenvalue weighted by Gasteiger charge is -2.43. The van der Waals surface area contributed by atoms with Crippen LogP contribution in [0.1, 0.15) is 0 Å². The molecule has 0 aromatic rings. The first-order valence-corrected chi connectivity index (χ1v) is 6.21. The molecule has 0 saturated carbocycles. The van der Waals surface area contributed by atoms with Gasteiger partial charge in [-0.05, 0) is 0 Å². The van der Waals surface area contributed by atoms with E-state index in [1.165, 1.54) is 0 Å². The molecule has 0 aliphatic heterocycles. The first-order valence-electron chi connectivity index (χ1n) is 6.21. The Balaban J connectivity index is 6.85. The van der Waals surface area contributed by atoms with Gasteiger partial charge in [-0.15, -0.1) is 0 Å². The summed E-state index contributed by atoms with van der Waals surface area (Å²) in [4.78, 5) is 0. The van der Waals surface area contributed by atoms with Crippen LogP contribution in [0, 0.1) is 0 Å². The van der Waals surface area contributed by atoms with Crippen molar-refractivity contribution in [1.29, 1.82) is 0 Å². The third kappa shape index (κ3) is 3.22. The van der Waals surface area contributed by atoms with Crippen LogP contribution in [0.25, 0.3) is 0 Å². The van der Waals surface area contributed by atoms with Crippen LogP contribution in [0.2, 0.25) is 0 Å². The molecule has 0 heterocycles. The van der Waals surface area contributed by atoms with E-state index in [4.69, 9.17) is 0 Å². The second-order valence-corrected chi connectivity index (χ2v) is 5.36. The van der Waals surface area contributed by atoms with Crippen molar-refractivity contribution in [3.63, 3.8) is 0 Å². The molecule has 0 aromatic heterocycles. The number of hydrogen-bond acceptors (Lipinski definition) is 0. The van der Waals surface area contributed by atoms with Crippen LogP contribution in [0.15, 0.2) is 0 Å². The summed E-state index contributed by atoms with van der Waals surface area (Å²) in [6, 6.07) is 0. The second kappa shape index (κ2) is 6.80. The molecule has 0 aliphatic carbocycles. The Kier molecular flexibility index (Phi) is 6.48. The molecule has 0 fully saturated rings. The van der Waals surface area contributed by atoms with E-state index in [0.29, 0.717) is 0 Å². The monoisotopic (exact) mass is 502 g/mol. The molecule has 0 spiro atoms. The quantitative estimate of drug-likeness (QED) is 0.329. The summed E-state index contributed by atoms with van der Waals surface area (Å²) in [6.07, 6.45) is -7.92. The summed E-state index contributed by atoms with van der Waals surface area (Å²) in [5.74, 6) is -67.6. The largest absolute Gasteiger partial charge is 0.460 e. The first kappa shape index (κ1) is 28.6. The highest BCUT2D eigenvalue weighted by Crippen LogP contribution is 2.65. The van der Waals surface area contributed by atoms with Gasteiger partial charge < -0.3 is 0 Å². The molecule has 0 nitrogen and oxygen atoms in total. The van der Waals surface area contributed by atoms with Crippen LogP contribution in [0.3, 0.4) is 0 Å². The first-order chi connectivity index (χ1) is 12.6. The minimum Gasteiger partial charge on any atom is -0.244 e. The summed E-state index contributed by atoms with van der Waals surface area (Å²) < 4.78 is 252. The Hall–Kier alpha value is -1.40. The lowest BCUT2D eigenvalue weighted by molar-refractivity contribution is -0.468. The highest BCUT2D eigenvalue weighted by atomic mass is 19.4. The normalized spacial score (nSPS) is 16.8. The molecular weight excluding hydrogens is 500 g/mol. The lowest BCUT2D eigenvalue weighted by atomic mass is 9.87. The van der Waals surface area contributed by atoms with E-state index in [-0.39, 0.29) is 0 Å². The molecule has 0 rings (SSSR count). The second-order valence-electron chi connectivity index (χ2n) is 5.36. The van der Waals surface area contributed by atoms with Gasteiger partial charge >= 0.3 is 53.6 Å². The van der Waals surface area contributed by atoms with Crippen molar-refractivity contribution in [2.75, 3.05) is 6.67 Å². The Labute approximate surface area is 149 Å². The molecule has 20 heteroatoms. The lowest BCUT2D eigenvalue weighted by Crippen LogP contribution is -2.75. The predicted molar refractivity (Wildman–Crippen MR) is 51.6 cm³/mol. The summed E-state index contributed by atoms with van der Waals surface area (Å²) in [7, 11) is 0. The summed E-state index contributed by atoms with van der Waals surface area (Å²) in [5.41, 5.74) is 0. The SMILES string of the molecule is FCC(F)(F)C(F)(F)C(F)(F)C(F)(F)C(F)(F)C(F)(F)C(F)(F)C(F)(F)C(F)(F)F. The molecule has 0 atom stereocenters. The molecule has 30 heavy (non-hydrogen) atoms. The highest BCUT2D eigenvalue weighted by Gasteiger charge is 2.96. The maximum absolute atomic E-state index is 13.1. The van der Waals surface area contributed by atoms with Crippen molar-refractivity contribution in [3.8, 4) is 0 Å². The molecule has 0 unspecified atom stereocenters. The van der Waals surface area contributed by atoms with Gasteiger partial charge in [-0.25, -0.2) is 4.39 Å². The van der Waals surface area contributed by atoms with Crippen LogP contribution >= 0.6 is 0 Å². The average Bonchev–Trinajstić information content (AvgIpc) is 2.52. The maximum atomic E-state index is 13.1. The maximum Gasteiger partial charge on any atom is 0.460 e. The van der Waals surface area contributed by atoms with Gasteiger partial charge in [0.25, 0.3) is 0 Å². The Bertz CT molecular complexity index is 622. The summed E-state index contributed by atoms with van der Waals surface area (Å²) >= 11 is 0. The molecule has 0 aromatic carbocycles. The van der Waals surface area contributed by atoms with Crippen molar-refractivity contribution in [2.24, 2.45) is 0 Å². The zero-order valence-corrected chi connectivity index (χ0v) is 12.8. The topological polar surface area (TPSA) is 0 Å². The van der Waals surface area contributed by atoms with E-state index >= 15 is 0 Å². The van der Waals surface area contributed by atoms with E-state index in [2.05, 4.69) is 0 Å². The summed E-state index contributed by atoms with van der Waals surface area (Å²) in [6.45, 7) is -4.05. The minimum absolute atomic E-state index is 4.05. The fourth-order valence-corrected chi connectivity index (χ4v) is 1.48. The van der Waals surface area contributed by atoms with Crippen molar-refractivity contribution >= 4 is 0 Å². The van der Waals surface area contributed by atoms with Crippen LogP contribution in [0.4, 0.5) is 87.8 Å². The van der Waals surface area contributed by atoms with E-state index < -0.39 is 60.2 Å². The van der Waals surface area contributed by atoms with Gasteiger partial charge in [0.05, 0.1) is 0 Å². The van der Waals surface area contributed by atoms with Gasteiger partial charge in [0.15, 0.2) is 6.67 Å². The predicted octanol–water partition coefficient (Wildman–Crippen LogP) is 6.60. The van der Waals surface area contributed by atoms with E-state index in [9.17, 15) is 87.8 Å². The van der Waals surface area contributed by atoms with Crippen LogP contribution < -0.4 is 0 Å². The molecule has 0 bridgehead atoms. The van der Waals surface area contributed by atoms with Crippen molar-refractivity contribution in [1.82, 2.24) is 0 Å². The van der Waals surface area contributed by atoms with E-state index in [1.807, 2.05) is 0 Å². The van der Waals surface area contributed by atoms with Gasteiger partial charge in [-0.3, -0.25) is 0 Å². The molecule has 0 saturated heterocycles. The highest BCUT2D eigenvalue weighted by molar-refractivity contribution is 5.16. The van der Waals surface area contributed by atoms with Crippen LogP contribution in [-0.4, -0.2) is 60.2 Å². The van der Waals surface area contributed by atoms with Crippen molar-refractivity contribution < 1.29 is 87.8 Å². The minimum atomic E-state index is -8.97. The smallest absolute Gasteiger partial charge is 0.244 e. The zero-order valence-electron chi connectivity index (χ0n) is 12.8. The molecular formula is C10H2F20. The van der Waals surface area contributed by atoms with Gasteiger partial charge in [0, 0.05) is 0 Å². The van der Waals surface area contributed by atoms with Crippen LogP contribution in [0.5, 0.6) is 0 Å². The van der Waals surface area contributed by atoms with Crippen molar-refractivity contribution in [2.45, 2.75) is 53.6 Å². The van der Waals surface area contributed by atoms with Gasteiger partial charge in [-0.2, -0.15) is 83.4 Å². The third-order valence-corrected chi connectivity index (χ3v) is 3.35. The van der Waals surface area contributed by atoms with E-state index in [1.54, 1.807) is 0 Å². The van der Waals surface area contributed by atoms with Gasteiger partial charge in [-0.1, -0.05) is 0 Å². The number of hydrogen-bond donors (Lipinski definition) is 0. The summed E-state index contributed by atoms with van der Waals surface area (Å²) in [5, 5.41) is 0. The zero-order chi connectivity index (χ0) is 25.2. The molecule has 0 N–H and O–H groups in total. The third-order valence-electron chi connectivity index (χ3n) is 3.35. The van der Waals surface area contributed by atoms with Gasteiger partial charge in [0.2, 0.25) is 0 Å². The molecule has 0 amide bonds. The molecule has 0 aliphatic rings. The van der Waals surface area contributed by atoms with Crippen molar-refractivity contribution in [3.05, 3.63) is 0 Å².